The lowest BCUT2D eigenvalue weighted by Crippen LogP contribution is -2.28. The molecule has 2 rings (SSSR count). The minimum absolute atomic E-state index is 0.329. The molecule has 1 atom stereocenters. The number of fused-ring (bicyclic) bond motifs is 1. The molecule has 2 N–H and O–H groups in total. The molecule has 0 bridgehead atoms. The lowest BCUT2D eigenvalue weighted by molar-refractivity contribution is 0.401. The van der Waals surface area contributed by atoms with Gasteiger partial charge >= 0.3 is 0 Å². The van der Waals surface area contributed by atoms with Crippen LogP contribution in [0.15, 0.2) is 12.1 Å². The molecule has 0 spiro atoms. The molecule has 0 radical (unpaired) electrons. The summed E-state index contributed by atoms with van der Waals surface area (Å²) >= 11 is 0. The van der Waals surface area contributed by atoms with Gasteiger partial charge in [0.1, 0.15) is 5.75 Å². The first kappa shape index (κ1) is 9.53. The molecule has 1 aliphatic rings. The first-order valence-electron chi connectivity index (χ1n) is 5.13. The van der Waals surface area contributed by atoms with E-state index in [0.717, 1.165) is 25.0 Å². The number of nitrogens with two attached hydrogens (primary N) is 1. The lowest BCUT2D eigenvalue weighted by atomic mass is 9.87. The van der Waals surface area contributed by atoms with E-state index in [9.17, 15) is 0 Å². The van der Waals surface area contributed by atoms with E-state index in [2.05, 4.69) is 19.1 Å². The number of hydrogen-bond acceptors (Lipinski definition) is 2. The van der Waals surface area contributed by atoms with Crippen LogP contribution in [-0.4, -0.2) is 13.2 Å². The van der Waals surface area contributed by atoms with Crippen molar-refractivity contribution in [1.82, 2.24) is 0 Å². The number of hydrogen-bond donors (Lipinski definition) is 1. The minimum Gasteiger partial charge on any atom is -0.496 e. The minimum atomic E-state index is 0.329. The van der Waals surface area contributed by atoms with E-state index in [1.54, 1.807) is 7.11 Å². The van der Waals surface area contributed by atoms with Crippen LogP contribution in [-0.2, 0) is 12.8 Å². The second kappa shape index (κ2) is 3.62. The highest BCUT2D eigenvalue weighted by Gasteiger charge is 2.19. The van der Waals surface area contributed by atoms with Crippen LogP contribution in [0.2, 0.25) is 0 Å². The summed E-state index contributed by atoms with van der Waals surface area (Å²) in [6, 6.07) is 4.64. The van der Waals surface area contributed by atoms with Crippen molar-refractivity contribution in [1.29, 1.82) is 0 Å². The van der Waals surface area contributed by atoms with Crippen molar-refractivity contribution in [2.45, 2.75) is 32.2 Å². The average molecular weight is 191 g/mol. The van der Waals surface area contributed by atoms with Crippen molar-refractivity contribution in [3.05, 3.63) is 28.8 Å². The summed E-state index contributed by atoms with van der Waals surface area (Å²) in [6.07, 6.45) is 3.13. The van der Waals surface area contributed by atoms with Gasteiger partial charge in [0.2, 0.25) is 0 Å². The van der Waals surface area contributed by atoms with Gasteiger partial charge in [0.15, 0.2) is 0 Å². The molecule has 1 aromatic carbocycles. The molecule has 0 amide bonds. The molecule has 1 aromatic rings. The topological polar surface area (TPSA) is 35.2 Å². The van der Waals surface area contributed by atoms with Crippen molar-refractivity contribution in [2.75, 3.05) is 7.11 Å². The molecule has 0 heterocycles. The zero-order valence-electron chi connectivity index (χ0n) is 8.84. The van der Waals surface area contributed by atoms with E-state index in [4.69, 9.17) is 10.5 Å². The summed E-state index contributed by atoms with van der Waals surface area (Å²) in [5, 5.41) is 0. The monoisotopic (exact) mass is 191 g/mol. The normalized spacial score (nSPS) is 20.4. The van der Waals surface area contributed by atoms with Gasteiger partial charge in [0.25, 0.3) is 0 Å². The highest BCUT2D eigenvalue weighted by atomic mass is 16.5. The summed E-state index contributed by atoms with van der Waals surface area (Å²) < 4.78 is 5.44. The van der Waals surface area contributed by atoms with E-state index in [1.165, 1.54) is 16.7 Å². The number of rotatable bonds is 1. The highest BCUT2D eigenvalue weighted by molar-refractivity contribution is 5.47. The predicted octanol–water partition coefficient (Wildman–Crippen LogP) is 1.82. The van der Waals surface area contributed by atoms with Gasteiger partial charge in [-0.25, -0.2) is 0 Å². The third-order valence-corrected chi connectivity index (χ3v) is 3.01. The van der Waals surface area contributed by atoms with Crippen LogP contribution in [0.5, 0.6) is 5.75 Å². The number of methoxy groups -OCH3 is 1. The largest absolute Gasteiger partial charge is 0.496 e. The maximum atomic E-state index is 5.94. The molecule has 0 unspecified atom stereocenters. The third kappa shape index (κ3) is 1.50. The average Bonchev–Trinajstić information content (AvgIpc) is 2.18. The summed E-state index contributed by atoms with van der Waals surface area (Å²) in [7, 11) is 1.75. The first-order chi connectivity index (χ1) is 6.72. The SMILES string of the molecule is COc1c(C)ccc2c1CC[C@H](N)C2. The molecule has 2 nitrogen and oxygen atoms in total. The fourth-order valence-electron chi connectivity index (χ4n) is 2.25. The number of aryl methyl sites for hydroxylation is 1. The zero-order chi connectivity index (χ0) is 10.1. The Hall–Kier alpha value is -1.02. The second-order valence-electron chi connectivity index (χ2n) is 4.06. The van der Waals surface area contributed by atoms with Crippen LogP contribution >= 0.6 is 0 Å². The summed E-state index contributed by atoms with van der Waals surface area (Å²) in [5.41, 5.74) is 9.90. The predicted molar refractivity (Wildman–Crippen MR) is 57.7 cm³/mol. The molecule has 76 valence electrons. The Bertz CT molecular complexity index is 346. The lowest BCUT2D eigenvalue weighted by Gasteiger charge is -2.24. The van der Waals surface area contributed by atoms with E-state index in [0.29, 0.717) is 6.04 Å². The molecule has 0 saturated carbocycles. The third-order valence-electron chi connectivity index (χ3n) is 3.01. The van der Waals surface area contributed by atoms with Gasteiger partial charge in [0.05, 0.1) is 7.11 Å². The molecular weight excluding hydrogens is 174 g/mol. The fraction of sp³-hybridized carbons (Fsp3) is 0.500. The molecule has 0 aromatic heterocycles. The maximum Gasteiger partial charge on any atom is 0.125 e. The van der Waals surface area contributed by atoms with Gasteiger partial charge in [-0.3, -0.25) is 0 Å². The van der Waals surface area contributed by atoms with Crippen LogP contribution in [0, 0.1) is 6.92 Å². The Morgan fingerprint density at radius 1 is 1.43 bits per heavy atom. The van der Waals surface area contributed by atoms with Gasteiger partial charge in [-0.2, -0.15) is 0 Å². The standard InChI is InChI=1S/C12H17NO/c1-8-3-4-9-7-10(13)5-6-11(9)12(8)14-2/h3-4,10H,5-7,13H2,1-2H3/t10-/m0/s1. The zero-order valence-corrected chi connectivity index (χ0v) is 8.84. The Morgan fingerprint density at radius 3 is 2.93 bits per heavy atom. The molecule has 0 saturated heterocycles. The Morgan fingerprint density at radius 2 is 2.21 bits per heavy atom. The number of benzene rings is 1. The van der Waals surface area contributed by atoms with Crippen molar-refractivity contribution < 1.29 is 4.74 Å². The Labute approximate surface area is 85.1 Å². The van der Waals surface area contributed by atoms with Gasteiger partial charge in [0, 0.05) is 6.04 Å². The van der Waals surface area contributed by atoms with Crippen molar-refractivity contribution >= 4 is 0 Å². The molecule has 2 heteroatoms. The maximum absolute atomic E-state index is 5.94. The van der Waals surface area contributed by atoms with E-state index >= 15 is 0 Å². The first-order valence-corrected chi connectivity index (χ1v) is 5.13. The van der Waals surface area contributed by atoms with Gasteiger partial charge in [-0.1, -0.05) is 12.1 Å². The second-order valence-corrected chi connectivity index (χ2v) is 4.06. The van der Waals surface area contributed by atoms with Crippen molar-refractivity contribution in [3.63, 3.8) is 0 Å². The van der Waals surface area contributed by atoms with Crippen molar-refractivity contribution in [3.8, 4) is 5.75 Å². The number of ether oxygens (including phenoxy) is 1. The van der Waals surface area contributed by atoms with Crippen LogP contribution in [0.25, 0.3) is 0 Å². The summed E-state index contributed by atoms with van der Waals surface area (Å²) in [6.45, 7) is 2.09. The van der Waals surface area contributed by atoms with E-state index in [-0.39, 0.29) is 0 Å². The van der Waals surface area contributed by atoms with Crippen LogP contribution in [0.1, 0.15) is 23.1 Å². The summed E-state index contributed by atoms with van der Waals surface area (Å²) in [5.74, 6) is 1.06. The molecular formula is C12H17NO. The smallest absolute Gasteiger partial charge is 0.125 e. The quantitative estimate of drug-likeness (QED) is 0.735. The molecule has 0 fully saturated rings. The van der Waals surface area contributed by atoms with Crippen LogP contribution < -0.4 is 10.5 Å². The molecule has 0 aliphatic heterocycles. The summed E-state index contributed by atoms with van der Waals surface area (Å²) in [4.78, 5) is 0. The van der Waals surface area contributed by atoms with Gasteiger partial charge < -0.3 is 10.5 Å². The van der Waals surface area contributed by atoms with Crippen LogP contribution in [0.3, 0.4) is 0 Å². The fourth-order valence-corrected chi connectivity index (χ4v) is 2.25. The van der Waals surface area contributed by atoms with E-state index < -0.39 is 0 Å². The molecule has 14 heavy (non-hydrogen) atoms. The van der Waals surface area contributed by atoms with Crippen molar-refractivity contribution in [2.24, 2.45) is 5.73 Å². The van der Waals surface area contributed by atoms with Gasteiger partial charge in [-0.15, -0.1) is 0 Å². The molecule has 1 aliphatic carbocycles. The van der Waals surface area contributed by atoms with Gasteiger partial charge in [-0.05, 0) is 42.9 Å². The highest BCUT2D eigenvalue weighted by Crippen LogP contribution is 2.31. The Balaban J connectivity index is 2.47. The Kier molecular flexibility index (Phi) is 2.46. The van der Waals surface area contributed by atoms with E-state index in [1.807, 2.05) is 0 Å². The van der Waals surface area contributed by atoms with Crippen LogP contribution in [0.4, 0.5) is 0 Å².